The lowest BCUT2D eigenvalue weighted by molar-refractivity contribution is 0.0966. The van der Waals surface area contributed by atoms with E-state index in [1.165, 1.54) is 17.0 Å². The van der Waals surface area contributed by atoms with E-state index in [1.54, 1.807) is 17.4 Å². The van der Waals surface area contributed by atoms with Crippen molar-refractivity contribution in [2.45, 2.75) is 39.2 Å². The maximum Gasteiger partial charge on any atom is 0.173 e. The number of Topliss-reactive ketones (excluding diaryl/α,β-unsaturated/α-hetero) is 1. The number of hydrogen-bond donors (Lipinski definition) is 1. The quantitative estimate of drug-likeness (QED) is 0.627. The van der Waals surface area contributed by atoms with Gasteiger partial charge in [-0.3, -0.25) is 9.48 Å². The number of fused-ring (bicyclic) bond motifs is 3. The van der Waals surface area contributed by atoms with E-state index in [0.717, 1.165) is 46.6 Å². The number of aromatic nitrogens is 2. The van der Waals surface area contributed by atoms with Crippen molar-refractivity contribution < 1.29 is 9.18 Å². The minimum Gasteiger partial charge on any atom is -0.330 e. The number of aryl methyl sites for hydroxylation is 3. The monoisotopic (exact) mass is 397 g/mol. The SMILES string of the molecule is Cc1cnn2c1-c1cc(C(=O)CC(CN)Cc3cccc(F)c3)sc1CCC2. The minimum absolute atomic E-state index is 0.00321. The molecular weight excluding hydrogens is 373 g/mol. The molecule has 1 aliphatic rings. The molecule has 0 spiro atoms. The van der Waals surface area contributed by atoms with Crippen molar-refractivity contribution in [3.05, 3.63) is 63.2 Å². The molecule has 2 N–H and O–H groups in total. The van der Waals surface area contributed by atoms with Crippen LogP contribution in [0.5, 0.6) is 0 Å². The van der Waals surface area contributed by atoms with Crippen LogP contribution in [0.4, 0.5) is 4.39 Å². The highest BCUT2D eigenvalue weighted by molar-refractivity contribution is 7.14. The molecule has 0 bridgehead atoms. The van der Waals surface area contributed by atoms with Crippen molar-refractivity contribution >= 4 is 17.1 Å². The van der Waals surface area contributed by atoms with Crippen molar-refractivity contribution in [1.29, 1.82) is 0 Å². The van der Waals surface area contributed by atoms with Crippen LogP contribution in [0.25, 0.3) is 11.3 Å². The van der Waals surface area contributed by atoms with Crippen LogP contribution in [0, 0.1) is 18.7 Å². The van der Waals surface area contributed by atoms with Crippen molar-refractivity contribution in [2.24, 2.45) is 11.7 Å². The van der Waals surface area contributed by atoms with Crippen LogP contribution in [0.15, 0.2) is 36.5 Å². The fourth-order valence-corrected chi connectivity index (χ4v) is 5.09. The number of halogens is 1. The number of rotatable bonds is 6. The number of nitrogens with zero attached hydrogens (tertiary/aromatic N) is 2. The summed E-state index contributed by atoms with van der Waals surface area (Å²) in [6.45, 7) is 3.38. The van der Waals surface area contributed by atoms with Gasteiger partial charge in [-0.05, 0) is 68.0 Å². The Morgan fingerprint density at radius 1 is 1.39 bits per heavy atom. The molecule has 4 nitrogen and oxygen atoms in total. The Balaban J connectivity index is 1.54. The van der Waals surface area contributed by atoms with Crippen LogP contribution in [0.2, 0.25) is 0 Å². The molecule has 3 heterocycles. The van der Waals surface area contributed by atoms with E-state index in [0.29, 0.717) is 19.4 Å². The van der Waals surface area contributed by atoms with E-state index in [2.05, 4.69) is 16.7 Å². The summed E-state index contributed by atoms with van der Waals surface area (Å²) in [5.41, 5.74) is 10.2. The molecule has 1 atom stereocenters. The summed E-state index contributed by atoms with van der Waals surface area (Å²) in [6.07, 6.45) is 4.88. The van der Waals surface area contributed by atoms with Crippen molar-refractivity contribution in [3.63, 3.8) is 0 Å². The van der Waals surface area contributed by atoms with Gasteiger partial charge in [0, 0.05) is 23.4 Å². The first-order chi connectivity index (χ1) is 13.5. The zero-order valence-corrected chi connectivity index (χ0v) is 16.8. The Bertz CT molecular complexity index is 1010. The molecule has 0 aliphatic carbocycles. The Hall–Kier alpha value is -2.31. The maximum absolute atomic E-state index is 13.4. The first kappa shape index (κ1) is 19.0. The predicted octanol–water partition coefficient (Wildman–Crippen LogP) is 4.40. The van der Waals surface area contributed by atoms with E-state index in [4.69, 9.17) is 5.73 Å². The Morgan fingerprint density at radius 2 is 2.25 bits per heavy atom. The second-order valence-corrected chi connectivity index (χ2v) is 8.65. The van der Waals surface area contributed by atoms with Gasteiger partial charge in [-0.2, -0.15) is 5.10 Å². The predicted molar refractivity (Wildman–Crippen MR) is 110 cm³/mol. The van der Waals surface area contributed by atoms with Gasteiger partial charge in [-0.25, -0.2) is 4.39 Å². The van der Waals surface area contributed by atoms with E-state index in [1.807, 2.05) is 18.3 Å². The minimum atomic E-state index is -0.256. The number of hydrogen-bond acceptors (Lipinski definition) is 4. The smallest absolute Gasteiger partial charge is 0.173 e. The second-order valence-electron chi connectivity index (χ2n) is 7.51. The van der Waals surface area contributed by atoms with Gasteiger partial charge in [0.15, 0.2) is 5.78 Å². The van der Waals surface area contributed by atoms with Gasteiger partial charge in [-0.15, -0.1) is 11.3 Å². The van der Waals surface area contributed by atoms with Gasteiger partial charge < -0.3 is 5.73 Å². The van der Waals surface area contributed by atoms with Crippen LogP contribution in [0.3, 0.4) is 0 Å². The largest absolute Gasteiger partial charge is 0.330 e. The van der Waals surface area contributed by atoms with Crippen molar-refractivity contribution in [1.82, 2.24) is 9.78 Å². The lowest BCUT2D eigenvalue weighted by atomic mass is 9.93. The third-order valence-corrected chi connectivity index (χ3v) is 6.59. The molecule has 0 saturated carbocycles. The zero-order valence-electron chi connectivity index (χ0n) is 16.0. The van der Waals surface area contributed by atoms with Gasteiger partial charge in [0.25, 0.3) is 0 Å². The van der Waals surface area contributed by atoms with E-state index >= 15 is 0 Å². The van der Waals surface area contributed by atoms with Gasteiger partial charge in [0.2, 0.25) is 0 Å². The van der Waals surface area contributed by atoms with E-state index in [-0.39, 0.29) is 17.5 Å². The standard InChI is InChI=1S/C22H24FN3OS/c1-14-13-25-26-7-3-6-20-18(22(14)26)11-21(28-20)19(27)10-16(12-24)8-15-4-2-5-17(23)9-15/h2,4-5,9,11,13,16H,3,6-8,10,12,24H2,1H3. The van der Waals surface area contributed by atoms with Gasteiger partial charge in [-0.1, -0.05) is 12.1 Å². The molecule has 2 aromatic heterocycles. The normalized spacial score (nSPS) is 14.2. The molecule has 0 amide bonds. The molecule has 6 heteroatoms. The van der Waals surface area contributed by atoms with Crippen molar-refractivity contribution in [3.8, 4) is 11.3 Å². The molecule has 1 aliphatic heterocycles. The summed E-state index contributed by atoms with van der Waals surface area (Å²) < 4.78 is 15.5. The van der Waals surface area contributed by atoms with Crippen LogP contribution < -0.4 is 5.73 Å². The van der Waals surface area contributed by atoms with Crippen LogP contribution in [-0.2, 0) is 19.4 Å². The summed E-state index contributed by atoms with van der Waals surface area (Å²) >= 11 is 1.60. The number of carbonyl (C=O) groups is 1. The lowest BCUT2D eigenvalue weighted by Gasteiger charge is -2.13. The first-order valence-corrected chi connectivity index (χ1v) is 10.5. The number of ketones is 1. The molecule has 3 aromatic rings. The Labute approximate surface area is 168 Å². The zero-order chi connectivity index (χ0) is 19.7. The highest BCUT2D eigenvalue weighted by atomic mass is 32.1. The molecule has 146 valence electrons. The number of nitrogens with two attached hydrogens (primary N) is 1. The molecule has 0 fully saturated rings. The molecule has 0 radical (unpaired) electrons. The van der Waals surface area contributed by atoms with E-state index < -0.39 is 0 Å². The van der Waals surface area contributed by atoms with Crippen molar-refractivity contribution in [2.75, 3.05) is 6.54 Å². The fraction of sp³-hybridized carbons (Fsp3) is 0.364. The topological polar surface area (TPSA) is 60.9 Å². The average Bonchev–Trinajstić information content (AvgIpc) is 3.20. The molecule has 1 aromatic carbocycles. The highest BCUT2D eigenvalue weighted by Gasteiger charge is 2.23. The average molecular weight is 398 g/mol. The fourth-order valence-electron chi connectivity index (χ4n) is 3.94. The maximum atomic E-state index is 13.4. The summed E-state index contributed by atoms with van der Waals surface area (Å²) in [7, 11) is 0. The first-order valence-electron chi connectivity index (χ1n) is 9.68. The second kappa shape index (κ2) is 7.97. The lowest BCUT2D eigenvalue weighted by Crippen LogP contribution is -2.20. The summed E-state index contributed by atoms with van der Waals surface area (Å²) in [4.78, 5) is 15.0. The third kappa shape index (κ3) is 3.80. The third-order valence-electron chi connectivity index (χ3n) is 5.36. The van der Waals surface area contributed by atoms with Crippen LogP contribution >= 0.6 is 11.3 Å². The number of carbonyl (C=O) groups excluding carboxylic acids is 1. The molecule has 0 saturated heterocycles. The van der Waals surface area contributed by atoms with Gasteiger partial charge in [0.05, 0.1) is 16.8 Å². The summed E-state index contributed by atoms with van der Waals surface area (Å²) in [6, 6.07) is 8.56. The van der Waals surface area contributed by atoms with Crippen LogP contribution in [-0.4, -0.2) is 22.1 Å². The molecule has 4 rings (SSSR count). The Morgan fingerprint density at radius 3 is 3.04 bits per heavy atom. The van der Waals surface area contributed by atoms with Gasteiger partial charge in [0.1, 0.15) is 5.82 Å². The summed E-state index contributed by atoms with van der Waals surface area (Å²) in [5, 5.41) is 4.47. The Kier molecular flexibility index (Phi) is 5.42. The highest BCUT2D eigenvalue weighted by Crippen LogP contribution is 2.37. The van der Waals surface area contributed by atoms with E-state index in [9.17, 15) is 9.18 Å². The number of benzene rings is 1. The molecule has 28 heavy (non-hydrogen) atoms. The molecular formula is C22H24FN3OS. The molecule has 1 unspecified atom stereocenters. The van der Waals surface area contributed by atoms with Crippen LogP contribution in [0.1, 0.15) is 38.5 Å². The summed E-state index contributed by atoms with van der Waals surface area (Å²) in [5.74, 6) is -0.134. The van der Waals surface area contributed by atoms with Gasteiger partial charge >= 0.3 is 0 Å². The number of thiophene rings is 1.